The number of nitro groups is 1. The lowest BCUT2D eigenvalue weighted by Gasteiger charge is -2.32. The molecule has 2 aromatic carbocycles. The molecule has 11 nitrogen and oxygen atoms in total. The number of nitrogens with one attached hydrogen (secondary N) is 1. The number of hydrogen-bond acceptors (Lipinski definition) is 7. The van der Waals surface area contributed by atoms with E-state index in [2.05, 4.69) is 21.2 Å². The maximum atomic E-state index is 13.6. The molecule has 2 aromatic rings. The van der Waals surface area contributed by atoms with Gasteiger partial charge in [0, 0.05) is 29.2 Å². The third-order valence-corrected chi connectivity index (χ3v) is 7.41. The van der Waals surface area contributed by atoms with Crippen LogP contribution in [0.1, 0.15) is 32.8 Å². The van der Waals surface area contributed by atoms with Gasteiger partial charge in [-0.15, -0.1) is 0 Å². The van der Waals surface area contributed by atoms with Crippen molar-refractivity contribution in [3.05, 3.63) is 62.6 Å². The van der Waals surface area contributed by atoms with Gasteiger partial charge in [0.2, 0.25) is 21.8 Å². The zero-order valence-corrected chi connectivity index (χ0v) is 23.7. The normalized spacial score (nSPS) is 12.8. The van der Waals surface area contributed by atoms with Gasteiger partial charge in [-0.2, -0.15) is 0 Å². The second-order valence-electron chi connectivity index (χ2n) is 8.52. The summed E-state index contributed by atoms with van der Waals surface area (Å²) in [7, 11) is -2.81. The summed E-state index contributed by atoms with van der Waals surface area (Å²) in [4.78, 5) is 38.5. The standard InChI is InChI=1S/C24H31BrN4O7S/c1-6-16(2)26-24(31)17(3)27(14-18-7-9-19(25)10-8-18)23(30)15-28(37(5,34)35)21-13-20(29(32)33)11-12-22(21)36-4/h7-13,16-17H,6,14-15H2,1-5H3,(H,26,31). The highest BCUT2D eigenvalue weighted by Gasteiger charge is 2.32. The van der Waals surface area contributed by atoms with E-state index in [9.17, 15) is 28.1 Å². The van der Waals surface area contributed by atoms with Gasteiger partial charge >= 0.3 is 0 Å². The number of carbonyl (C=O) groups is 2. The molecule has 2 amide bonds. The number of amides is 2. The Kier molecular flexibility index (Phi) is 10.4. The van der Waals surface area contributed by atoms with Crippen LogP contribution in [0.4, 0.5) is 11.4 Å². The first kappa shape index (κ1) is 30.0. The number of anilines is 1. The predicted molar refractivity (Wildman–Crippen MR) is 144 cm³/mol. The summed E-state index contributed by atoms with van der Waals surface area (Å²) in [6.07, 6.45) is 1.57. The molecular weight excluding hydrogens is 568 g/mol. The van der Waals surface area contributed by atoms with Gasteiger partial charge in [0.25, 0.3) is 5.69 Å². The topological polar surface area (TPSA) is 139 Å². The number of rotatable bonds is 12. The van der Waals surface area contributed by atoms with Crippen LogP contribution in [0.2, 0.25) is 0 Å². The van der Waals surface area contributed by atoms with E-state index in [1.807, 2.05) is 13.8 Å². The van der Waals surface area contributed by atoms with Crippen LogP contribution in [0.5, 0.6) is 5.75 Å². The fraction of sp³-hybridized carbons (Fsp3) is 0.417. The summed E-state index contributed by atoms with van der Waals surface area (Å²) in [5, 5.41) is 14.2. The van der Waals surface area contributed by atoms with Crippen LogP contribution in [0, 0.1) is 10.1 Å². The van der Waals surface area contributed by atoms with Crippen LogP contribution in [0.15, 0.2) is 46.9 Å². The summed E-state index contributed by atoms with van der Waals surface area (Å²) in [6, 6.07) is 9.55. The van der Waals surface area contributed by atoms with Gasteiger partial charge in [-0.1, -0.05) is 35.0 Å². The fourth-order valence-electron chi connectivity index (χ4n) is 3.42. The smallest absolute Gasteiger partial charge is 0.271 e. The molecule has 0 radical (unpaired) electrons. The molecule has 37 heavy (non-hydrogen) atoms. The first-order valence-corrected chi connectivity index (χ1v) is 14.1. The molecule has 0 aliphatic heterocycles. The highest BCUT2D eigenvalue weighted by molar-refractivity contribution is 9.10. The number of methoxy groups -OCH3 is 1. The molecule has 13 heteroatoms. The Hall–Kier alpha value is -3.19. The van der Waals surface area contributed by atoms with Gasteiger partial charge < -0.3 is 15.0 Å². The minimum Gasteiger partial charge on any atom is -0.495 e. The highest BCUT2D eigenvalue weighted by atomic mass is 79.9. The number of sulfonamides is 1. The molecule has 0 aromatic heterocycles. The molecule has 0 heterocycles. The first-order chi connectivity index (χ1) is 17.3. The minimum atomic E-state index is -4.09. The van der Waals surface area contributed by atoms with E-state index in [0.717, 1.165) is 26.7 Å². The van der Waals surface area contributed by atoms with Crippen molar-refractivity contribution in [3.63, 3.8) is 0 Å². The number of benzene rings is 2. The van der Waals surface area contributed by atoms with Crippen molar-refractivity contribution in [2.75, 3.05) is 24.2 Å². The average molecular weight is 600 g/mol. The Morgan fingerprint density at radius 3 is 2.30 bits per heavy atom. The monoisotopic (exact) mass is 598 g/mol. The molecule has 202 valence electrons. The summed E-state index contributed by atoms with van der Waals surface area (Å²) in [5.41, 5.74) is 0.191. The zero-order valence-electron chi connectivity index (χ0n) is 21.3. The van der Waals surface area contributed by atoms with Crippen molar-refractivity contribution in [3.8, 4) is 5.75 Å². The Balaban J connectivity index is 2.50. The Labute approximate surface area is 225 Å². The van der Waals surface area contributed by atoms with Gasteiger partial charge in [0.1, 0.15) is 24.0 Å². The molecule has 0 saturated heterocycles. The molecule has 0 fully saturated rings. The second kappa shape index (κ2) is 12.9. The first-order valence-electron chi connectivity index (χ1n) is 11.4. The molecule has 0 spiro atoms. The van der Waals surface area contributed by atoms with Crippen molar-refractivity contribution in [1.29, 1.82) is 0 Å². The largest absolute Gasteiger partial charge is 0.495 e. The molecule has 2 unspecified atom stereocenters. The van der Waals surface area contributed by atoms with E-state index >= 15 is 0 Å². The molecule has 1 N–H and O–H groups in total. The van der Waals surface area contributed by atoms with E-state index in [-0.39, 0.29) is 29.7 Å². The number of carbonyl (C=O) groups excluding carboxylic acids is 2. The fourth-order valence-corrected chi connectivity index (χ4v) is 4.53. The predicted octanol–water partition coefficient (Wildman–Crippen LogP) is 3.46. The maximum Gasteiger partial charge on any atom is 0.271 e. The van der Waals surface area contributed by atoms with E-state index < -0.39 is 39.3 Å². The van der Waals surface area contributed by atoms with Gasteiger partial charge in [-0.3, -0.25) is 24.0 Å². The lowest BCUT2D eigenvalue weighted by Crippen LogP contribution is -2.52. The Bertz CT molecular complexity index is 1240. The summed E-state index contributed by atoms with van der Waals surface area (Å²) < 4.78 is 32.3. The van der Waals surface area contributed by atoms with Gasteiger partial charge in [0.15, 0.2) is 0 Å². The van der Waals surface area contributed by atoms with Gasteiger partial charge in [0.05, 0.1) is 18.3 Å². The molecular formula is C24H31BrN4O7S. The summed E-state index contributed by atoms with van der Waals surface area (Å²) in [5.74, 6) is -1.03. The quantitative estimate of drug-likeness (QED) is 0.291. The van der Waals surface area contributed by atoms with Crippen molar-refractivity contribution in [2.24, 2.45) is 0 Å². The molecule has 0 saturated carbocycles. The van der Waals surface area contributed by atoms with Crippen molar-refractivity contribution in [1.82, 2.24) is 10.2 Å². The van der Waals surface area contributed by atoms with Gasteiger partial charge in [-0.25, -0.2) is 8.42 Å². The summed E-state index contributed by atoms with van der Waals surface area (Å²) in [6.45, 7) is 4.65. The van der Waals surface area contributed by atoms with E-state index in [4.69, 9.17) is 4.74 Å². The highest BCUT2D eigenvalue weighted by Crippen LogP contribution is 2.34. The van der Waals surface area contributed by atoms with Crippen LogP contribution in [0.3, 0.4) is 0 Å². The maximum absolute atomic E-state index is 13.6. The summed E-state index contributed by atoms with van der Waals surface area (Å²) >= 11 is 3.36. The number of nitro benzene ring substituents is 1. The van der Waals surface area contributed by atoms with Crippen molar-refractivity contribution < 1.29 is 27.7 Å². The Morgan fingerprint density at radius 2 is 1.78 bits per heavy atom. The number of halogens is 1. The second-order valence-corrected chi connectivity index (χ2v) is 11.3. The van der Waals surface area contributed by atoms with Crippen LogP contribution in [-0.2, 0) is 26.2 Å². The number of hydrogen-bond donors (Lipinski definition) is 1. The van der Waals surface area contributed by atoms with Crippen LogP contribution >= 0.6 is 15.9 Å². The SMILES string of the molecule is CCC(C)NC(=O)C(C)N(Cc1ccc(Br)cc1)C(=O)CN(c1cc([N+](=O)[O-])ccc1OC)S(C)(=O)=O. The van der Waals surface area contributed by atoms with Crippen LogP contribution in [0.25, 0.3) is 0 Å². The third-order valence-electron chi connectivity index (χ3n) is 5.76. The minimum absolute atomic E-state index is 0.0326. The molecule has 0 aliphatic rings. The third kappa shape index (κ3) is 8.15. The average Bonchev–Trinajstić information content (AvgIpc) is 2.85. The lowest BCUT2D eigenvalue weighted by atomic mass is 10.1. The van der Waals surface area contributed by atoms with Gasteiger partial charge in [-0.05, 0) is 44.0 Å². The zero-order chi connectivity index (χ0) is 27.9. The lowest BCUT2D eigenvalue weighted by molar-refractivity contribution is -0.384. The molecule has 2 atom stereocenters. The van der Waals surface area contributed by atoms with E-state index in [1.54, 1.807) is 31.2 Å². The number of non-ortho nitro benzene ring substituents is 1. The van der Waals surface area contributed by atoms with Crippen molar-refractivity contribution >= 4 is 49.1 Å². The van der Waals surface area contributed by atoms with Crippen LogP contribution in [-0.4, -0.2) is 62.0 Å². The Morgan fingerprint density at radius 1 is 1.16 bits per heavy atom. The molecule has 0 aliphatic carbocycles. The van der Waals surface area contributed by atoms with Crippen molar-refractivity contribution in [2.45, 2.75) is 45.8 Å². The van der Waals surface area contributed by atoms with Crippen LogP contribution < -0.4 is 14.4 Å². The molecule has 2 rings (SSSR count). The number of ether oxygens (including phenoxy) is 1. The number of nitrogens with zero attached hydrogens (tertiary/aromatic N) is 3. The molecule has 0 bridgehead atoms. The van der Waals surface area contributed by atoms with E-state index in [0.29, 0.717) is 6.42 Å². The van der Waals surface area contributed by atoms with E-state index in [1.165, 1.54) is 24.1 Å².